The van der Waals surface area contributed by atoms with Crippen LogP contribution in [0.25, 0.3) is 11.0 Å². The monoisotopic (exact) mass is 416 g/mol. The number of nitrogens with one attached hydrogen (secondary N) is 2. The lowest BCUT2D eigenvalue weighted by Gasteiger charge is -2.37. The molecule has 2 aromatic carbocycles. The van der Waals surface area contributed by atoms with Crippen molar-refractivity contribution in [2.75, 3.05) is 20.2 Å². The first-order valence-electron chi connectivity index (χ1n) is 11.5. The molecule has 0 amide bonds. The minimum Gasteiger partial charge on any atom is -0.496 e. The molecule has 2 heterocycles. The molecule has 0 bridgehead atoms. The van der Waals surface area contributed by atoms with Gasteiger partial charge in [-0.25, -0.2) is 4.98 Å². The SMILES string of the molecule is C=C1NCC(c2ccc(OC)c(CC3CCCC3)c2)CN1Cc1nc2ccccc2[nH]1. The predicted octanol–water partition coefficient (Wildman–Crippen LogP) is 4.96. The van der Waals surface area contributed by atoms with E-state index in [0.717, 1.165) is 60.4 Å². The largest absolute Gasteiger partial charge is 0.496 e. The van der Waals surface area contributed by atoms with Crippen LogP contribution < -0.4 is 10.1 Å². The number of imidazole rings is 1. The lowest BCUT2D eigenvalue weighted by molar-refractivity contribution is 0.248. The number of hydrogen-bond donors (Lipinski definition) is 2. The van der Waals surface area contributed by atoms with Crippen LogP contribution in [0.3, 0.4) is 0 Å². The molecule has 0 radical (unpaired) electrons. The molecule has 5 heteroatoms. The van der Waals surface area contributed by atoms with E-state index in [0.29, 0.717) is 5.92 Å². The van der Waals surface area contributed by atoms with E-state index in [1.54, 1.807) is 7.11 Å². The highest BCUT2D eigenvalue weighted by Crippen LogP contribution is 2.33. The van der Waals surface area contributed by atoms with Crippen LogP contribution in [0.1, 0.15) is 48.6 Å². The van der Waals surface area contributed by atoms with Gasteiger partial charge in [0.1, 0.15) is 11.6 Å². The number of benzene rings is 2. The molecule has 31 heavy (non-hydrogen) atoms. The molecular formula is C26H32N4O. The molecule has 5 rings (SSSR count). The average molecular weight is 417 g/mol. The van der Waals surface area contributed by atoms with Crippen LogP contribution in [-0.4, -0.2) is 35.1 Å². The normalized spacial score (nSPS) is 19.7. The van der Waals surface area contributed by atoms with Crippen molar-refractivity contribution in [2.24, 2.45) is 5.92 Å². The standard InChI is InChI=1S/C26H32N4O/c1-18-27-15-22(16-30(18)17-26-28-23-9-5-6-10-24(23)29-26)20-11-12-25(31-2)21(14-20)13-19-7-3-4-8-19/h5-6,9-12,14,19,22,27H,1,3-4,7-8,13,15-17H2,2H3,(H,28,29). The number of hydrogen-bond acceptors (Lipinski definition) is 4. The van der Waals surface area contributed by atoms with E-state index in [9.17, 15) is 0 Å². The fourth-order valence-corrected chi connectivity index (χ4v) is 5.18. The summed E-state index contributed by atoms with van der Waals surface area (Å²) in [5, 5.41) is 3.51. The maximum absolute atomic E-state index is 5.69. The van der Waals surface area contributed by atoms with Gasteiger partial charge in [-0.2, -0.15) is 0 Å². The number of nitrogens with zero attached hydrogens (tertiary/aromatic N) is 2. The molecular weight excluding hydrogens is 384 g/mol. The van der Waals surface area contributed by atoms with Crippen LogP contribution in [0.5, 0.6) is 5.75 Å². The van der Waals surface area contributed by atoms with Crippen LogP contribution in [0.15, 0.2) is 54.9 Å². The van der Waals surface area contributed by atoms with Gasteiger partial charge in [0.15, 0.2) is 0 Å². The number of methoxy groups -OCH3 is 1. The predicted molar refractivity (Wildman–Crippen MR) is 125 cm³/mol. The number of aromatic nitrogens is 2. The first-order chi connectivity index (χ1) is 15.2. The molecule has 2 aliphatic rings. The first-order valence-corrected chi connectivity index (χ1v) is 11.5. The van der Waals surface area contributed by atoms with E-state index in [1.165, 1.54) is 36.8 Å². The average Bonchev–Trinajstić information content (AvgIpc) is 3.44. The van der Waals surface area contributed by atoms with Crippen molar-refractivity contribution in [1.29, 1.82) is 0 Å². The molecule has 1 aliphatic heterocycles. The van der Waals surface area contributed by atoms with Crippen LogP contribution >= 0.6 is 0 Å². The van der Waals surface area contributed by atoms with Gasteiger partial charge in [0.25, 0.3) is 0 Å². The molecule has 1 saturated heterocycles. The Bertz CT molecular complexity index is 1030. The molecule has 1 aromatic heterocycles. The van der Waals surface area contributed by atoms with Gasteiger partial charge in [-0.3, -0.25) is 0 Å². The lowest BCUT2D eigenvalue weighted by Crippen LogP contribution is -2.43. The fraction of sp³-hybridized carbons (Fsp3) is 0.423. The third-order valence-corrected chi connectivity index (χ3v) is 6.91. The number of para-hydroxylation sites is 2. The number of aromatic amines is 1. The number of fused-ring (bicyclic) bond motifs is 1. The summed E-state index contributed by atoms with van der Waals surface area (Å²) in [5.74, 6) is 4.18. The molecule has 2 N–H and O–H groups in total. The highest BCUT2D eigenvalue weighted by Gasteiger charge is 2.25. The Hall–Kier alpha value is -2.95. The van der Waals surface area contributed by atoms with Gasteiger partial charge in [0.2, 0.25) is 0 Å². The van der Waals surface area contributed by atoms with Crippen molar-refractivity contribution < 1.29 is 4.74 Å². The Morgan fingerprint density at radius 1 is 1.16 bits per heavy atom. The number of H-pyrrole nitrogens is 1. The van der Waals surface area contributed by atoms with Crippen LogP contribution in [0, 0.1) is 5.92 Å². The molecule has 5 nitrogen and oxygen atoms in total. The molecule has 162 valence electrons. The zero-order valence-electron chi connectivity index (χ0n) is 18.4. The molecule has 1 atom stereocenters. The van der Waals surface area contributed by atoms with Gasteiger partial charge in [-0.05, 0) is 41.7 Å². The Balaban J connectivity index is 1.33. The van der Waals surface area contributed by atoms with Gasteiger partial charge < -0.3 is 19.9 Å². The maximum Gasteiger partial charge on any atom is 0.126 e. The quantitative estimate of drug-likeness (QED) is 0.596. The first kappa shape index (κ1) is 20.0. The Kier molecular flexibility index (Phi) is 5.58. The van der Waals surface area contributed by atoms with Gasteiger partial charge in [0.05, 0.1) is 30.5 Å². The van der Waals surface area contributed by atoms with Crippen molar-refractivity contribution in [3.8, 4) is 5.75 Å². The topological polar surface area (TPSA) is 53.2 Å². The second-order valence-corrected chi connectivity index (χ2v) is 9.03. The summed E-state index contributed by atoms with van der Waals surface area (Å²) < 4.78 is 5.69. The van der Waals surface area contributed by atoms with Crippen molar-refractivity contribution in [3.63, 3.8) is 0 Å². The minimum atomic E-state index is 0.406. The summed E-state index contributed by atoms with van der Waals surface area (Å²) in [6, 6.07) is 15.0. The van der Waals surface area contributed by atoms with Gasteiger partial charge in [-0.1, -0.05) is 56.5 Å². The van der Waals surface area contributed by atoms with Crippen molar-refractivity contribution >= 4 is 11.0 Å². The maximum atomic E-state index is 5.69. The van der Waals surface area contributed by atoms with E-state index in [2.05, 4.69) is 46.0 Å². The summed E-state index contributed by atoms with van der Waals surface area (Å²) >= 11 is 0. The summed E-state index contributed by atoms with van der Waals surface area (Å²) in [5.41, 5.74) is 4.83. The molecule has 3 aromatic rings. The van der Waals surface area contributed by atoms with Crippen LogP contribution in [-0.2, 0) is 13.0 Å². The summed E-state index contributed by atoms with van der Waals surface area (Å²) in [6.07, 6.45) is 6.58. The highest BCUT2D eigenvalue weighted by molar-refractivity contribution is 5.74. The van der Waals surface area contributed by atoms with Gasteiger partial charge >= 0.3 is 0 Å². The Morgan fingerprint density at radius 3 is 2.81 bits per heavy atom. The molecule has 0 spiro atoms. The van der Waals surface area contributed by atoms with Crippen molar-refractivity contribution in [2.45, 2.75) is 44.6 Å². The Morgan fingerprint density at radius 2 is 2.00 bits per heavy atom. The van der Waals surface area contributed by atoms with Crippen LogP contribution in [0.4, 0.5) is 0 Å². The highest BCUT2D eigenvalue weighted by atomic mass is 16.5. The van der Waals surface area contributed by atoms with E-state index >= 15 is 0 Å². The second-order valence-electron chi connectivity index (χ2n) is 9.03. The molecule has 1 saturated carbocycles. The fourth-order valence-electron chi connectivity index (χ4n) is 5.18. The van der Waals surface area contributed by atoms with E-state index < -0.39 is 0 Å². The number of rotatable bonds is 6. The van der Waals surface area contributed by atoms with E-state index in [-0.39, 0.29) is 0 Å². The molecule has 1 unspecified atom stereocenters. The van der Waals surface area contributed by atoms with Gasteiger partial charge in [-0.15, -0.1) is 0 Å². The van der Waals surface area contributed by atoms with E-state index in [4.69, 9.17) is 9.72 Å². The van der Waals surface area contributed by atoms with Gasteiger partial charge in [0, 0.05) is 19.0 Å². The molecule has 2 fully saturated rings. The summed E-state index contributed by atoms with van der Waals surface area (Å²) in [7, 11) is 1.79. The lowest BCUT2D eigenvalue weighted by atomic mass is 9.91. The third-order valence-electron chi connectivity index (χ3n) is 6.91. The van der Waals surface area contributed by atoms with Crippen molar-refractivity contribution in [3.05, 3.63) is 71.8 Å². The summed E-state index contributed by atoms with van der Waals surface area (Å²) in [4.78, 5) is 10.5. The molecule has 1 aliphatic carbocycles. The zero-order chi connectivity index (χ0) is 21.2. The van der Waals surface area contributed by atoms with Crippen LogP contribution in [0.2, 0.25) is 0 Å². The second kappa shape index (κ2) is 8.66. The third kappa shape index (κ3) is 4.27. The zero-order valence-corrected chi connectivity index (χ0v) is 18.4. The smallest absolute Gasteiger partial charge is 0.126 e. The Labute approximate surface area is 184 Å². The minimum absolute atomic E-state index is 0.406. The summed E-state index contributed by atoms with van der Waals surface area (Å²) in [6.45, 7) is 6.80. The van der Waals surface area contributed by atoms with Crippen molar-refractivity contribution in [1.82, 2.24) is 20.2 Å². The number of ether oxygens (including phenoxy) is 1. The van der Waals surface area contributed by atoms with E-state index in [1.807, 2.05) is 18.2 Å².